The zero-order valence-electron chi connectivity index (χ0n) is 19.4. The lowest BCUT2D eigenvalue weighted by Crippen LogP contribution is -2.48. The van der Waals surface area contributed by atoms with Crippen LogP contribution in [-0.2, 0) is 14.8 Å². The van der Waals surface area contributed by atoms with Crippen molar-refractivity contribution in [1.82, 2.24) is 5.32 Å². The molecule has 1 aliphatic rings. The zero-order valence-corrected chi connectivity index (χ0v) is 20.2. The van der Waals surface area contributed by atoms with Crippen LogP contribution in [0.3, 0.4) is 0 Å². The van der Waals surface area contributed by atoms with Crippen LogP contribution in [0.2, 0.25) is 0 Å². The first-order chi connectivity index (χ1) is 15.5. The molecule has 1 fully saturated rings. The summed E-state index contributed by atoms with van der Waals surface area (Å²) in [6.45, 7) is 7.52. The standard InChI is InChI=1S/C24H31F2N3O3S/c1-16-6-5-13-28(15-16)20-9-7-19(8-10-20)17(2)27-24(30)18(3)29(33(4,31)32)21-11-12-22(25)23(26)14-21/h7-12,14,16-18H,5-6,13,15H2,1-4H3,(H,27,30)/t16-,17-,18-/m1/s1. The van der Waals surface area contributed by atoms with Crippen LogP contribution in [0.1, 0.15) is 45.2 Å². The number of amides is 1. The summed E-state index contributed by atoms with van der Waals surface area (Å²) in [4.78, 5) is 15.3. The Bertz CT molecular complexity index is 1090. The van der Waals surface area contributed by atoms with Gasteiger partial charge in [-0.05, 0) is 62.4 Å². The van der Waals surface area contributed by atoms with Crippen molar-refractivity contribution < 1.29 is 22.0 Å². The van der Waals surface area contributed by atoms with Crippen LogP contribution in [0.15, 0.2) is 42.5 Å². The lowest BCUT2D eigenvalue weighted by molar-refractivity contribution is -0.122. The SMILES string of the molecule is C[C@@H]1CCCN(c2ccc([C@@H](C)NC(=O)[C@@H](C)N(c3ccc(F)c(F)c3)S(C)(=O)=O)cc2)C1. The van der Waals surface area contributed by atoms with E-state index in [9.17, 15) is 22.0 Å². The number of nitrogens with zero attached hydrogens (tertiary/aromatic N) is 2. The molecular formula is C24H31F2N3O3S. The van der Waals surface area contributed by atoms with Crippen LogP contribution in [0.4, 0.5) is 20.2 Å². The monoisotopic (exact) mass is 479 g/mol. The van der Waals surface area contributed by atoms with Crippen LogP contribution in [0.5, 0.6) is 0 Å². The van der Waals surface area contributed by atoms with Crippen molar-refractivity contribution in [3.63, 3.8) is 0 Å². The number of nitrogens with one attached hydrogen (secondary N) is 1. The van der Waals surface area contributed by atoms with Crippen molar-refractivity contribution in [3.8, 4) is 0 Å². The van der Waals surface area contributed by atoms with E-state index in [1.807, 2.05) is 31.2 Å². The molecule has 1 N–H and O–H groups in total. The van der Waals surface area contributed by atoms with Crippen molar-refractivity contribution in [2.75, 3.05) is 28.6 Å². The first-order valence-electron chi connectivity index (χ1n) is 11.1. The van der Waals surface area contributed by atoms with Crippen LogP contribution in [-0.4, -0.2) is 39.7 Å². The van der Waals surface area contributed by atoms with Gasteiger partial charge >= 0.3 is 0 Å². The molecule has 180 valence electrons. The van der Waals surface area contributed by atoms with Gasteiger partial charge in [-0.2, -0.15) is 0 Å². The molecule has 3 rings (SSSR count). The highest BCUT2D eigenvalue weighted by molar-refractivity contribution is 7.92. The summed E-state index contributed by atoms with van der Waals surface area (Å²) in [7, 11) is -3.94. The van der Waals surface area contributed by atoms with E-state index < -0.39 is 33.6 Å². The molecule has 0 radical (unpaired) electrons. The minimum atomic E-state index is -3.94. The number of anilines is 2. The largest absolute Gasteiger partial charge is 0.371 e. The van der Waals surface area contributed by atoms with Gasteiger partial charge in [-0.3, -0.25) is 9.10 Å². The van der Waals surface area contributed by atoms with E-state index in [0.29, 0.717) is 5.92 Å². The average Bonchev–Trinajstić information content (AvgIpc) is 2.75. The fourth-order valence-corrected chi connectivity index (χ4v) is 5.41. The second-order valence-corrected chi connectivity index (χ2v) is 10.7. The summed E-state index contributed by atoms with van der Waals surface area (Å²) in [6.07, 6.45) is 3.33. The highest BCUT2D eigenvalue weighted by atomic mass is 32.2. The third kappa shape index (κ3) is 6.01. The van der Waals surface area contributed by atoms with Gasteiger partial charge in [0.05, 0.1) is 18.0 Å². The number of carbonyl (C=O) groups excluding carboxylic acids is 1. The number of piperidine rings is 1. The summed E-state index contributed by atoms with van der Waals surface area (Å²) in [5.74, 6) is -2.18. The number of hydrogen-bond acceptors (Lipinski definition) is 4. The number of rotatable bonds is 7. The lowest BCUT2D eigenvalue weighted by Gasteiger charge is -2.33. The quantitative estimate of drug-likeness (QED) is 0.645. The fourth-order valence-electron chi connectivity index (χ4n) is 4.25. The molecule has 3 atom stereocenters. The first kappa shape index (κ1) is 25.0. The van der Waals surface area contributed by atoms with Gasteiger partial charge in [0.15, 0.2) is 11.6 Å². The van der Waals surface area contributed by atoms with Gasteiger partial charge in [-0.15, -0.1) is 0 Å². The van der Waals surface area contributed by atoms with E-state index >= 15 is 0 Å². The number of benzene rings is 2. The van der Waals surface area contributed by atoms with E-state index in [0.717, 1.165) is 53.1 Å². The molecule has 0 bridgehead atoms. The first-order valence-corrected chi connectivity index (χ1v) is 12.9. The van der Waals surface area contributed by atoms with Gasteiger partial charge in [-0.25, -0.2) is 17.2 Å². The van der Waals surface area contributed by atoms with Crippen LogP contribution in [0, 0.1) is 17.6 Å². The minimum absolute atomic E-state index is 0.119. The van der Waals surface area contributed by atoms with Gasteiger partial charge in [0.2, 0.25) is 15.9 Å². The molecule has 0 spiro atoms. The molecule has 33 heavy (non-hydrogen) atoms. The second-order valence-electron chi connectivity index (χ2n) is 8.85. The van der Waals surface area contributed by atoms with Gasteiger partial charge < -0.3 is 10.2 Å². The zero-order chi connectivity index (χ0) is 24.3. The molecule has 6 nitrogen and oxygen atoms in total. The molecule has 1 saturated heterocycles. The summed E-state index contributed by atoms with van der Waals surface area (Å²) < 4.78 is 52.6. The van der Waals surface area contributed by atoms with Gasteiger partial charge in [0.25, 0.3) is 0 Å². The van der Waals surface area contributed by atoms with Crippen molar-refractivity contribution in [3.05, 3.63) is 59.7 Å². The minimum Gasteiger partial charge on any atom is -0.371 e. The van der Waals surface area contributed by atoms with Gasteiger partial charge in [0, 0.05) is 24.8 Å². The van der Waals surface area contributed by atoms with E-state index in [2.05, 4.69) is 17.1 Å². The third-order valence-corrected chi connectivity index (χ3v) is 7.26. The highest BCUT2D eigenvalue weighted by Crippen LogP contribution is 2.26. The van der Waals surface area contributed by atoms with Crippen molar-refractivity contribution in [2.45, 2.75) is 45.7 Å². The maximum absolute atomic E-state index is 13.7. The fraction of sp³-hybridized carbons (Fsp3) is 0.458. The van der Waals surface area contributed by atoms with E-state index in [-0.39, 0.29) is 11.7 Å². The number of carbonyl (C=O) groups is 1. The van der Waals surface area contributed by atoms with Crippen molar-refractivity contribution >= 4 is 27.3 Å². The van der Waals surface area contributed by atoms with E-state index in [4.69, 9.17) is 0 Å². The summed E-state index contributed by atoms with van der Waals surface area (Å²) in [5.41, 5.74) is 1.90. The summed E-state index contributed by atoms with van der Waals surface area (Å²) >= 11 is 0. The number of sulfonamides is 1. The van der Waals surface area contributed by atoms with Crippen molar-refractivity contribution in [1.29, 1.82) is 0 Å². The smallest absolute Gasteiger partial charge is 0.244 e. The Morgan fingerprint density at radius 3 is 2.36 bits per heavy atom. The molecule has 0 unspecified atom stereocenters. The summed E-state index contributed by atoms with van der Waals surface area (Å²) in [5, 5.41) is 2.82. The molecule has 0 saturated carbocycles. The molecule has 2 aromatic rings. The Balaban J connectivity index is 1.72. The maximum Gasteiger partial charge on any atom is 0.244 e. The maximum atomic E-state index is 13.7. The Kier molecular flexibility index (Phi) is 7.62. The van der Waals surface area contributed by atoms with Crippen LogP contribution >= 0.6 is 0 Å². The molecule has 1 aliphatic heterocycles. The Labute approximate surface area is 194 Å². The highest BCUT2D eigenvalue weighted by Gasteiger charge is 2.30. The predicted molar refractivity (Wildman–Crippen MR) is 127 cm³/mol. The molecule has 1 amide bonds. The van der Waals surface area contributed by atoms with Crippen LogP contribution < -0.4 is 14.5 Å². The Morgan fingerprint density at radius 2 is 1.79 bits per heavy atom. The second kappa shape index (κ2) is 10.1. The van der Waals surface area contributed by atoms with Crippen molar-refractivity contribution in [2.24, 2.45) is 5.92 Å². The molecule has 1 heterocycles. The molecule has 9 heteroatoms. The van der Waals surface area contributed by atoms with E-state index in [1.165, 1.54) is 19.8 Å². The van der Waals surface area contributed by atoms with Crippen LogP contribution in [0.25, 0.3) is 0 Å². The Morgan fingerprint density at radius 1 is 1.12 bits per heavy atom. The summed E-state index contributed by atoms with van der Waals surface area (Å²) in [6, 6.07) is 9.16. The Hall–Kier alpha value is -2.68. The lowest BCUT2D eigenvalue weighted by atomic mass is 9.99. The number of hydrogen-bond donors (Lipinski definition) is 1. The molecule has 2 aromatic carbocycles. The average molecular weight is 480 g/mol. The molecule has 0 aromatic heterocycles. The molecule has 0 aliphatic carbocycles. The third-order valence-electron chi connectivity index (χ3n) is 6.02. The van der Waals surface area contributed by atoms with E-state index in [1.54, 1.807) is 0 Å². The predicted octanol–water partition coefficient (Wildman–Crippen LogP) is 4.23. The molecular weight excluding hydrogens is 448 g/mol. The van der Waals surface area contributed by atoms with Gasteiger partial charge in [-0.1, -0.05) is 19.1 Å². The van der Waals surface area contributed by atoms with Gasteiger partial charge in [0.1, 0.15) is 6.04 Å². The topological polar surface area (TPSA) is 69.7 Å². The number of halogens is 2. The normalized spacial score (nSPS) is 18.5.